The van der Waals surface area contributed by atoms with Gasteiger partial charge in [0.1, 0.15) is 5.82 Å². The summed E-state index contributed by atoms with van der Waals surface area (Å²) in [4.78, 5) is 11.7. The maximum Gasteiger partial charge on any atom is 0.249 e. The van der Waals surface area contributed by atoms with Gasteiger partial charge in [0.2, 0.25) is 15.0 Å². The first-order valence-electron chi connectivity index (χ1n) is 4.73. The molecule has 0 aliphatic rings. The number of hydrogen-bond acceptors (Lipinski definition) is 6. The predicted molar refractivity (Wildman–Crippen MR) is 62.8 cm³/mol. The third-order valence-electron chi connectivity index (χ3n) is 1.98. The summed E-state index contributed by atoms with van der Waals surface area (Å²) in [5, 5.41) is -0.293. The van der Waals surface area contributed by atoms with E-state index in [0.29, 0.717) is 11.4 Å². The van der Waals surface area contributed by atoms with Gasteiger partial charge < -0.3 is 5.73 Å². The van der Waals surface area contributed by atoms with Crippen molar-refractivity contribution in [3.63, 3.8) is 0 Å². The zero-order chi connectivity index (χ0) is 12.5. The lowest BCUT2D eigenvalue weighted by Gasteiger charge is -2.03. The maximum atomic E-state index is 11.4. The molecule has 0 atom stereocenters. The zero-order valence-corrected chi connectivity index (χ0v) is 9.85. The average molecular weight is 250 g/mol. The van der Waals surface area contributed by atoms with Crippen LogP contribution in [-0.4, -0.2) is 29.6 Å². The van der Waals surface area contributed by atoms with E-state index < -0.39 is 9.84 Å². The summed E-state index contributed by atoms with van der Waals surface area (Å²) in [5.41, 5.74) is 6.49. The highest BCUT2D eigenvalue weighted by molar-refractivity contribution is 7.90. The summed E-state index contributed by atoms with van der Waals surface area (Å²) in [6.45, 7) is 0. The van der Waals surface area contributed by atoms with E-state index in [1.807, 2.05) is 0 Å². The van der Waals surface area contributed by atoms with Gasteiger partial charge in [-0.2, -0.15) is 0 Å². The van der Waals surface area contributed by atoms with Crippen LogP contribution < -0.4 is 5.73 Å². The van der Waals surface area contributed by atoms with Crippen LogP contribution in [0.15, 0.2) is 35.6 Å². The number of sulfone groups is 1. The predicted octanol–water partition coefficient (Wildman–Crippen LogP) is 0.524. The van der Waals surface area contributed by atoms with E-state index in [1.54, 1.807) is 24.4 Å². The number of nitrogens with two attached hydrogens (primary N) is 1. The van der Waals surface area contributed by atoms with Gasteiger partial charge in [-0.25, -0.2) is 18.4 Å². The van der Waals surface area contributed by atoms with E-state index in [2.05, 4.69) is 15.0 Å². The van der Waals surface area contributed by atoms with Crippen molar-refractivity contribution in [2.45, 2.75) is 5.16 Å². The molecule has 0 aliphatic heterocycles. The van der Waals surface area contributed by atoms with E-state index in [4.69, 9.17) is 5.73 Å². The molecule has 88 valence electrons. The Kier molecular flexibility index (Phi) is 2.76. The normalized spacial score (nSPS) is 11.4. The second-order valence-corrected chi connectivity index (χ2v) is 5.36. The molecule has 0 saturated heterocycles. The van der Waals surface area contributed by atoms with Gasteiger partial charge in [-0.05, 0) is 12.1 Å². The van der Waals surface area contributed by atoms with Crippen molar-refractivity contribution in [2.75, 3.05) is 12.0 Å². The maximum absolute atomic E-state index is 11.4. The lowest BCUT2D eigenvalue weighted by molar-refractivity contribution is 0.593. The van der Waals surface area contributed by atoms with Crippen molar-refractivity contribution in [3.8, 4) is 11.4 Å². The fourth-order valence-electron chi connectivity index (χ4n) is 1.25. The van der Waals surface area contributed by atoms with Gasteiger partial charge in [-0.15, -0.1) is 0 Å². The number of aromatic nitrogens is 3. The summed E-state index contributed by atoms with van der Waals surface area (Å²) < 4.78 is 22.7. The van der Waals surface area contributed by atoms with Crippen molar-refractivity contribution >= 4 is 15.7 Å². The molecule has 7 heteroatoms. The van der Waals surface area contributed by atoms with Crippen LogP contribution in [0, 0.1) is 0 Å². The largest absolute Gasteiger partial charge is 0.384 e. The minimum absolute atomic E-state index is 0.0982. The fourth-order valence-corrected chi connectivity index (χ4v) is 1.79. The molecule has 17 heavy (non-hydrogen) atoms. The molecule has 0 amide bonds. The highest BCUT2D eigenvalue weighted by Crippen LogP contribution is 2.17. The van der Waals surface area contributed by atoms with Gasteiger partial charge in [0.25, 0.3) is 0 Å². The SMILES string of the molecule is CS(=O)(=O)c1nc(N)cc(-c2ccccn2)n1. The Balaban J connectivity index is 2.61. The molecular weight excluding hydrogens is 240 g/mol. The monoisotopic (exact) mass is 250 g/mol. The number of anilines is 1. The van der Waals surface area contributed by atoms with Crippen molar-refractivity contribution in [1.29, 1.82) is 0 Å². The van der Waals surface area contributed by atoms with E-state index in [1.165, 1.54) is 6.07 Å². The van der Waals surface area contributed by atoms with Crippen LogP contribution in [0.5, 0.6) is 0 Å². The molecule has 0 unspecified atom stereocenters. The third-order valence-corrected chi connectivity index (χ3v) is 2.83. The van der Waals surface area contributed by atoms with Gasteiger partial charge in [0, 0.05) is 18.5 Å². The molecule has 0 saturated carbocycles. The molecular formula is C10H10N4O2S. The summed E-state index contributed by atoms with van der Waals surface area (Å²) in [7, 11) is -3.49. The van der Waals surface area contributed by atoms with Crippen molar-refractivity contribution in [3.05, 3.63) is 30.5 Å². The Bertz CT molecular complexity index is 641. The molecule has 0 aromatic carbocycles. The van der Waals surface area contributed by atoms with Crippen molar-refractivity contribution in [1.82, 2.24) is 15.0 Å². The van der Waals surface area contributed by atoms with E-state index in [-0.39, 0.29) is 11.0 Å². The van der Waals surface area contributed by atoms with Crippen LogP contribution in [0.25, 0.3) is 11.4 Å². The Morgan fingerprint density at radius 3 is 2.53 bits per heavy atom. The van der Waals surface area contributed by atoms with Crippen LogP contribution in [0.1, 0.15) is 0 Å². The van der Waals surface area contributed by atoms with Gasteiger partial charge in [0.15, 0.2) is 0 Å². The summed E-state index contributed by atoms with van der Waals surface area (Å²) in [6.07, 6.45) is 2.62. The summed E-state index contributed by atoms with van der Waals surface area (Å²) in [6, 6.07) is 6.73. The smallest absolute Gasteiger partial charge is 0.249 e. The quantitative estimate of drug-likeness (QED) is 0.780. The molecule has 0 bridgehead atoms. The lowest BCUT2D eigenvalue weighted by atomic mass is 10.2. The van der Waals surface area contributed by atoms with Gasteiger partial charge in [-0.1, -0.05) is 6.07 Å². The van der Waals surface area contributed by atoms with Gasteiger partial charge in [-0.3, -0.25) is 4.98 Å². The topological polar surface area (TPSA) is 98.8 Å². The average Bonchev–Trinajstić information content (AvgIpc) is 2.28. The van der Waals surface area contributed by atoms with E-state index >= 15 is 0 Å². The van der Waals surface area contributed by atoms with Crippen molar-refractivity contribution in [2.24, 2.45) is 0 Å². The minimum atomic E-state index is -3.49. The molecule has 0 spiro atoms. The van der Waals surface area contributed by atoms with Crippen LogP contribution in [-0.2, 0) is 9.84 Å². The van der Waals surface area contributed by atoms with Gasteiger partial charge >= 0.3 is 0 Å². The fraction of sp³-hybridized carbons (Fsp3) is 0.100. The van der Waals surface area contributed by atoms with Crippen LogP contribution in [0.2, 0.25) is 0 Å². The second kappa shape index (κ2) is 4.10. The molecule has 2 aromatic rings. The highest BCUT2D eigenvalue weighted by atomic mass is 32.2. The molecule has 0 fully saturated rings. The second-order valence-electron chi connectivity index (χ2n) is 3.45. The number of rotatable bonds is 2. The minimum Gasteiger partial charge on any atom is -0.384 e. The van der Waals surface area contributed by atoms with Crippen LogP contribution >= 0.6 is 0 Å². The first kappa shape index (κ1) is 11.5. The summed E-state index contributed by atoms with van der Waals surface area (Å²) >= 11 is 0. The lowest BCUT2D eigenvalue weighted by Crippen LogP contribution is -2.07. The Morgan fingerprint density at radius 2 is 1.94 bits per heavy atom. The Hall–Kier alpha value is -2.02. The first-order valence-corrected chi connectivity index (χ1v) is 6.62. The highest BCUT2D eigenvalue weighted by Gasteiger charge is 2.14. The molecule has 2 aromatic heterocycles. The number of nitrogen functional groups attached to an aromatic ring is 1. The molecule has 0 radical (unpaired) electrons. The zero-order valence-electron chi connectivity index (χ0n) is 9.03. The Labute approximate surface area is 98.5 Å². The molecule has 0 aliphatic carbocycles. The van der Waals surface area contributed by atoms with Crippen LogP contribution in [0.3, 0.4) is 0 Å². The summed E-state index contributed by atoms with van der Waals surface area (Å²) in [5.74, 6) is 0.0982. The first-order chi connectivity index (χ1) is 7.97. The number of hydrogen-bond donors (Lipinski definition) is 1. The third kappa shape index (κ3) is 2.56. The van der Waals surface area contributed by atoms with E-state index in [9.17, 15) is 8.42 Å². The Morgan fingerprint density at radius 1 is 1.18 bits per heavy atom. The number of nitrogens with zero attached hydrogens (tertiary/aromatic N) is 3. The van der Waals surface area contributed by atoms with Crippen LogP contribution in [0.4, 0.5) is 5.82 Å². The molecule has 2 rings (SSSR count). The molecule has 2 heterocycles. The van der Waals surface area contributed by atoms with E-state index in [0.717, 1.165) is 6.26 Å². The number of pyridine rings is 1. The van der Waals surface area contributed by atoms with Gasteiger partial charge in [0.05, 0.1) is 11.4 Å². The molecule has 2 N–H and O–H groups in total. The standard InChI is InChI=1S/C10H10N4O2S/c1-17(15,16)10-13-8(6-9(11)14-10)7-4-2-3-5-12-7/h2-6H,1H3,(H2,11,13,14). The molecule has 6 nitrogen and oxygen atoms in total. The van der Waals surface area contributed by atoms with Crippen molar-refractivity contribution < 1.29 is 8.42 Å².